The number of anilines is 1. The normalized spacial score (nSPS) is 18.7. The Morgan fingerprint density at radius 1 is 1.07 bits per heavy atom. The van der Waals surface area contributed by atoms with E-state index in [9.17, 15) is 0 Å². The van der Waals surface area contributed by atoms with E-state index in [2.05, 4.69) is 18.2 Å². The Labute approximate surface area is 92.7 Å². The van der Waals surface area contributed by atoms with E-state index < -0.39 is 0 Å². The smallest absolute Gasteiger partial charge is 0.0316 e. The summed E-state index contributed by atoms with van der Waals surface area (Å²) in [5, 5.41) is 0. The lowest BCUT2D eigenvalue weighted by atomic mass is 9.92. The molecule has 82 valence electrons. The fourth-order valence-electron chi connectivity index (χ4n) is 2.62. The number of hydrogen-bond acceptors (Lipinski definition) is 1. The van der Waals surface area contributed by atoms with E-state index in [-0.39, 0.29) is 0 Å². The lowest BCUT2D eigenvalue weighted by Crippen LogP contribution is -2.03. The van der Waals surface area contributed by atoms with Crippen LogP contribution >= 0.6 is 0 Å². The van der Waals surface area contributed by atoms with Gasteiger partial charge in [0.2, 0.25) is 0 Å². The summed E-state index contributed by atoms with van der Waals surface area (Å²) in [6.45, 7) is 0. The summed E-state index contributed by atoms with van der Waals surface area (Å²) in [6.07, 6.45) is 9.77. The quantitative estimate of drug-likeness (QED) is 0.574. The van der Waals surface area contributed by atoms with Crippen molar-refractivity contribution in [1.82, 2.24) is 0 Å². The number of rotatable bonds is 2. The van der Waals surface area contributed by atoms with Crippen molar-refractivity contribution in [3.05, 3.63) is 29.8 Å². The van der Waals surface area contributed by atoms with Crippen LogP contribution in [0.1, 0.15) is 44.1 Å². The van der Waals surface area contributed by atoms with Crippen LogP contribution in [0.3, 0.4) is 0 Å². The average molecular weight is 203 g/mol. The van der Waals surface area contributed by atoms with Gasteiger partial charge in [0, 0.05) is 5.69 Å². The third-order valence-electron chi connectivity index (χ3n) is 3.45. The van der Waals surface area contributed by atoms with Crippen LogP contribution in [-0.4, -0.2) is 0 Å². The zero-order chi connectivity index (χ0) is 10.5. The highest BCUT2D eigenvalue weighted by molar-refractivity contribution is 5.40. The van der Waals surface area contributed by atoms with Gasteiger partial charge in [0.05, 0.1) is 0 Å². The van der Waals surface area contributed by atoms with Crippen molar-refractivity contribution in [3.63, 3.8) is 0 Å². The summed E-state index contributed by atoms with van der Waals surface area (Å²) >= 11 is 0. The van der Waals surface area contributed by atoms with Crippen LogP contribution in [0.25, 0.3) is 0 Å². The first-order valence-electron chi connectivity index (χ1n) is 6.19. The van der Waals surface area contributed by atoms with Gasteiger partial charge in [0.25, 0.3) is 0 Å². The van der Waals surface area contributed by atoms with Crippen LogP contribution in [0.5, 0.6) is 0 Å². The van der Waals surface area contributed by atoms with Gasteiger partial charge in [-0.3, -0.25) is 0 Å². The fourth-order valence-corrected chi connectivity index (χ4v) is 2.62. The van der Waals surface area contributed by atoms with Gasteiger partial charge in [0.15, 0.2) is 0 Å². The van der Waals surface area contributed by atoms with E-state index in [1.807, 2.05) is 6.07 Å². The number of benzene rings is 1. The molecule has 1 fully saturated rings. The first-order valence-corrected chi connectivity index (χ1v) is 6.19. The molecule has 0 spiro atoms. The van der Waals surface area contributed by atoms with Gasteiger partial charge in [-0.15, -0.1) is 0 Å². The minimum atomic E-state index is 0.897. The van der Waals surface area contributed by atoms with E-state index in [1.165, 1.54) is 50.5 Å². The Hall–Kier alpha value is -0.980. The molecule has 0 bridgehead atoms. The molecule has 2 N–H and O–H groups in total. The van der Waals surface area contributed by atoms with Gasteiger partial charge >= 0.3 is 0 Å². The van der Waals surface area contributed by atoms with Crippen LogP contribution in [-0.2, 0) is 6.42 Å². The monoisotopic (exact) mass is 203 g/mol. The molecule has 0 aromatic heterocycles. The summed E-state index contributed by atoms with van der Waals surface area (Å²) in [5.74, 6) is 0.897. The summed E-state index contributed by atoms with van der Waals surface area (Å²) in [6, 6.07) is 8.38. The Morgan fingerprint density at radius 2 is 1.80 bits per heavy atom. The van der Waals surface area contributed by atoms with Crippen LogP contribution < -0.4 is 5.73 Å². The summed E-state index contributed by atoms with van der Waals surface area (Å²) in [5.41, 5.74) is 8.12. The molecular weight excluding hydrogens is 182 g/mol. The van der Waals surface area contributed by atoms with Crippen LogP contribution in [0, 0.1) is 5.92 Å². The van der Waals surface area contributed by atoms with Crippen molar-refractivity contribution in [1.29, 1.82) is 0 Å². The summed E-state index contributed by atoms with van der Waals surface area (Å²) in [4.78, 5) is 0. The van der Waals surface area contributed by atoms with Crippen molar-refractivity contribution < 1.29 is 0 Å². The van der Waals surface area contributed by atoms with Gasteiger partial charge in [-0.1, -0.05) is 50.7 Å². The van der Waals surface area contributed by atoms with Gasteiger partial charge in [-0.2, -0.15) is 0 Å². The van der Waals surface area contributed by atoms with Crippen LogP contribution in [0.4, 0.5) is 5.69 Å². The molecule has 0 unspecified atom stereocenters. The van der Waals surface area contributed by atoms with E-state index in [1.54, 1.807) is 0 Å². The van der Waals surface area contributed by atoms with Crippen molar-refractivity contribution >= 4 is 5.69 Å². The Balaban J connectivity index is 1.95. The minimum Gasteiger partial charge on any atom is -0.399 e. The third kappa shape index (κ3) is 3.26. The number of nitrogen functional groups attached to an aromatic ring is 1. The highest BCUT2D eigenvalue weighted by Gasteiger charge is 2.12. The average Bonchev–Trinajstić information content (AvgIpc) is 2.46. The van der Waals surface area contributed by atoms with Gasteiger partial charge < -0.3 is 5.73 Å². The summed E-state index contributed by atoms with van der Waals surface area (Å²) < 4.78 is 0. The molecule has 1 aromatic rings. The highest BCUT2D eigenvalue weighted by Crippen LogP contribution is 2.26. The standard InChI is InChI=1S/C14H21N/c15-14-9-5-8-13(11-14)10-12-6-3-1-2-4-7-12/h5,8-9,11-12H,1-4,6-7,10,15H2. The summed E-state index contributed by atoms with van der Waals surface area (Å²) in [7, 11) is 0. The molecular formula is C14H21N. The maximum atomic E-state index is 5.79. The van der Waals surface area contributed by atoms with Crippen molar-refractivity contribution in [2.24, 2.45) is 5.92 Å². The van der Waals surface area contributed by atoms with Gasteiger partial charge in [-0.25, -0.2) is 0 Å². The molecule has 0 saturated heterocycles. The van der Waals surface area contributed by atoms with E-state index >= 15 is 0 Å². The molecule has 0 atom stereocenters. The molecule has 0 radical (unpaired) electrons. The van der Waals surface area contributed by atoms with Crippen LogP contribution in [0.15, 0.2) is 24.3 Å². The molecule has 15 heavy (non-hydrogen) atoms. The second-order valence-corrected chi connectivity index (χ2v) is 4.81. The molecule has 1 nitrogen and oxygen atoms in total. The first kappa shape index (κ1) is 10.5. The number of nitrogens with two attached hydrogens (primary N) is 1. The maximum absolute atomic E-state index is 5.79. The van der Waals surface area contributed by atoms with E-state index in [0.717, 1.165) is 11.6 Å². The van der Waals surface area contributed by atoms with E-state index in [0.29, 0.717) is 0 Å². The molecule has 2 rings (SSSR count). The first-order chi connectivity index (χ1) is 7.34. The molecule has 1 aliphatic rings. The van der Waals surface area contributed by atoms with Gasteiger partial charge in [0.1, 0.15) is 0 Å². The van der Waals surface area contributed by atoms with Crippen molar-refractivity contribution in [2.75, 3.05) is 5.73 Å². The predicted octanol–water partition coefficient (Wildman–Crippen LogP) is 3.78. The molecule has 0 amide bonds. The second kappa shape index (κ2) is 5.20. The van der Waals surface area contributed by atoms with E-state index in [4.69, 9.17) is 5.73 Å². The molecule has 0 aliphatic heterocycles. The largest absolute Gasteiger partial charge is 0.399 e. The molecule has 1 aliphatic carbocycles. The molecule has 1 aromatic carbocycles. The Kier molecular flexibility index (Phi) is 3.65. The molecule has 0 heterocycles. The van der Waals surface area contributed by atoms with Gasteiger partial charge in [-0.05, 0) is 30.0 Å². The fraction of sp³-hybridized carbons (Fsp3) is 0.571. The zero-order valence-corrected chi connectivity index (χ0v) is 9.41. The second-order valence-electron chi connectivity index (χ2n) is 4.81. The maximum Gasteiger partial charge on any atom is 0.0316 e. The predicted molar refractivity (Wildman–Crippen MR) is 65.8 cm³/mol. The lowest BCUT2D eigenvalue weighted by Gasteiger charge is -2.13. The number of hydrogen-bond donors (Lipinski definition) is 1. The Morgan fingerprint density at radius 3 is 2.47 bits per heavy atom. The van der Waals surface area contributed by atoms with Crippen LogP contribution in [0.2, 0.25) is 0 Å². The third-order valence-corrected chi connectivity index (χ3v) is 3.45. The van der Waals surface area contributed by atoms with Crippen molar-refractivity contribution in [2.45, 2.75) is 44.9 Å². The lowest BCUT2D eigenvalue weighted by molar-refractivity contribution is 0.458. The highest BCUT2D eigenvalue weighted by atomic mass is 14.5. The Bertz CT molecular complexity index is 298. The zero-order valence-electron chi connectivity index (χ0n) is 9.41. The molecule has 1 saturated carbocycles. The molecule has 1 heteroatoms. The van der Waals surface area contributed by atoms with Crippen molar-refractivity contribution in [3.8, 4) is 0 Å². The SMILES string of the molecule is Nc1cccc(CC2CCCCCC2)c1. The topological polar surface area (TPSA) is 26.0 Å². The minimum absolute atomic E-state index is 0.897.